The van der Waals surface area contributed by atoms with Crippen molar-refractivity contribution in [2.24, 2.45) is 11.3 Å². The van der Waals surface area contributed by atoms with Crippen LogP contribution in [-0.2, 0) is 32.2 Å². The van der Waals surface area contributed by atoms with Gasteiger partial charge in [-0.15, -0.1) is 0 Å². The lowest BCUT2D eigenvalue weighted by molar-refractivity contribution is -0.193. The summed E-state index contributed by atoms with van der Waals surface area (Å²) in [5, 5.41) is 21.6. The van der Waals surface area contributed by atoms with Gasteiger partial charge in [0.05, 0.1) is 30.9 Å². The first kappa shape index (κ1) is 31.0. The summed E-state index contributed by atoms with van der Waals surface area (Å²) < 4.78 is 69.1. The van der Waals surface area contributed by atoms with Crippen LogP contribution in [0.15, 0.2) is 41.2 Å². The predicted molar refractivity (Wildman–Crippen MR) is 120 cm³/mol. The molecule has 2 aliphatic heterocycles. The number of amides is 1. The zero-order valence-corrected chi connectivity index (χ0v) is 20.3. The molecule has 9 nitrogen and oxygen atoms in total. The molecule has 4 rings (SSSR count). The van der Waals surface area contributed by atoms with Crippen LogP contribution in [0.4, 0.5) is 26.3 Å². The van der Waals surface area contributed by atoms with Gasteiger partial charge in [0, 0.05) is 31.7 Å². The summed E-state index contributed by atoms with van der Waals surface area (Å²) in [6, 6.07) is 7.90. The number of carboxylic acid groups (broad SMARTS) is 2. The van der Waals surface area contributed by atoms with E-state index in [1.807, 2.05) is 18.2 Å². The molecule has 38 heavy (non-hydrogen) atoms. The number of aliphatic carboxylic acids is 2. The van der Waals surface area contributed by atoms with Crippen molar-refractivity contribution in [1.82, 2.24) is 15.2 Å². The van der Waals surface area contributed by atoms with Gasteiger partial charge in [0.2, 0.25) is 5.91 Å². The smallest absolute Gasteiger partial charge is 0.475 e. The number of ether oxygens (including phenoxy) is 1. The van der Waals surface area contributed by atoms with Crippen molar-refractivity contribution in [1.29, 1.82) is 0 Å². The van der Waals surface area contributed by atoms with E-state index in [0.29, 0.717) is 19.8 Å². The minimum absolute atomic E-state index is 0.100. The zero-order chi connectivity index (χ0) is 28.6. The van der Waals surface area contributed by atoms with Crippen LogP contribution in [0.1, 0.15) is 11.3 Å². The third kappa shape index (κ3) is 8.95. The molecule has 0 saturated carbocycles. The lowest BCUT2D eigenvalue weighted by atomic mass is 9.80. The topological polar surface area (TPSA) is 129 Å². The van der Waals surface area contributed by atoms with Crippen molar-refractivity contribution >= 4 is 29.2 Å². The van der Waals surface area contributed by atoms with Gasteiger partial charge in [-0.25, -0.2) is 9.59 Å². The maximum atomic E-state index is 12.9. The number of alkyl halides is 6. The number of carbonyl (C=O) groups is 3. The third-order valence-electron chi connectivity index (χ3n) is 5.52. The van der Waals surface area contributed by atoms with E-state index >= 15 is 0 Å². The van der Waals surface area contributed by atoms with E-state index in [-0.39, 0.29) is 11.8 Å². The molecule has 2 aromatic rings. The summed E-state index contributed by atoms with van der Waals surface area (Å²) in [7, 11) is 0. The fourth-order valence-electron chi connectivity index (χ4n) is 3.77. The Morgan fingerprint density at radius 3 is 2.24 bits per heavy atom. The maximum absolute atomic E-state index is 12.9. The quantitative estimate of drug-likeness (QED) is 0.467. The first-order chi connectivity index (χ1) is 17.6. The molecule has 0 radical (unpaired) electrons. The molecule has 2 aliphatic rings. The number of pyridine rings is 1. The zero-order valence-electron chi connectivity index (χ0n) is 19.5. The van der Waals surface area contributed by atoms with E-state index in [1.54, 1.807) is 17.5 Å². The van der Waals surface area contributed by atoms with Crippen molar-refractivity contribution in [3.05, 3.63) is 52.5 Å². The van der Waals surface area contributed by atoms with E-state index in [4.69, 9.17) is 24.5 Å². The molecule has 0 spiro atoms. The number of carboxylic acids is 2. The number of hydrogen-bond donors (Lipinski definition) is 3. The average Bonchev–Trinajstić information content (AvgIpc) is 3.55. The summed E-state index contributed by atoms with van der Waals surface area (Å²) in [5.74, 6) is -5.14. The molecule has 0 aliphatic carbocycles. The minimum Gasteiger partial charge on any atom is -0.475 e. The fraction of sp³-hybridized carbons (Fsp3) is 0.455. The van der Waals surface area contributed by atoms with E-state index in [2.05, 4.69) is 32.0 Å². The second-order valence-electron chi connectivity index (χ2n) is 8.28. The normalized spacial score (nSPS) is 20.8. The lowest BCUT2D eigenvalue weighted by Crippen LogP contribution is -2.46. The molecule has 0 bridgehead atoms. The first-order valence-corrected chi connectivity index (χ1v) is 11.7. The van der Waals surface area contributed by atoms with Crippen LogP contribution in [0.2, 0.25) is 0 Å². The monoisotopic (exact) mass is 571 g/mol. The number of carbonyl (C=O) groups excluding carboxylic acids is 1. The van der Waals surface area contributed by atoms with Crippen molar-refractivity contribution < 1.29 is 55.7 Å². The second kappa shape index (κ2) is 13.0. The van der Waals surface area contributed by atoms with Crippen molar-refractivity contribution in [2.75, 3.05) is 26.3 Å². The highest BCUT2D eigenvalue weighted by molar-refractivity contribution is 7.07. The summed E-state index contributed by atoms with van der Waals surface area (Å²) in [6.45, 7) is 4.27. The number of nitrogens with zero attached hydrogens (tertiary/aromatic N) is 2. The first-order valence-electron chi connectivity index (χ1n) is 10.7. The molecular weight excluding hydrogens is 548 g/mol. The van der Waals surface area contributed by atoms with Crippen molar-refractivity contribution in [3.8, 4) is 0 Å². The van der Waals surface area contributed by atoms with Crippen LogP contribution in [0, 0.1) is 11.3 Å². The summed E-state index contributed by atoms with van der Waals surface area (Å²) in [4.78, 5) is 37.4. The van der Waals surface area contributed by atoms with Gasteiger partial charge in [0.25, 0.3) is 0 Å². The molecule has 2 saturated heterocycles. The predicted octanol–water partition coefficient (Wildman–Crippen LogP) is 3.17. The van der Waals surface area contributed by atoms with Crippen LogP contribution in [0.3, 0.4) is 0 Å². The molecule has 210 valence electrons. The SMILES string of the molecule is O=C(NCc1ccccn1)[C@]12COC[C@H]1CN(Cc1ccsc1)C2.O=C(O)C(F)(F)F.O=C(O)C(F)(F)F. The van der Waals surface area contributed by atoms with Gasteiger partial charge in [-0.3, -0.25) is 14.7 Å². The van der Waals surface area contributed by atoms with E-state index < -0.39 is 29.7 Å². The summed E-state index contributed by atoms with van der Waals surface area (Å²) in [5.41, 5.74) is 1.79. The summed E-state index contributed by atoms with van der Waals surface area (Å²) in [6.07, 6.45) is -8.42. The molecule has 3 N–H and O–H groups in total. The Morgan fingerprint density at radius 2 is 1.74 bits per heavy atom. The molecule has 2 aromatic heterocycles. The highest BCUT2D eigenvalue weighted by Gasteiger charge is 2.55. The molecule has 4 heterocycles. The maximum Gasteiger partial charge on any atom is 0.490 e. The molecule has 2 fully saturated rings. The number of thiophene rings is 1. The Labute approximate surface area is 216 Å². The highest BCUT2D eigenvalue weighted by Crippen LogP contribution is 2.42. The van der Waals surface area contributed by atoms with E-state index in [9.17, 15) is 31.1 Å². The van der Waals surface area contributed by atoms with Crippen LogP contribution in [0.25, 0.3) is 0 Å². The Kier molecular flexibility index (Phi) is 10.6. The lowest BCUT2D eigenvalue weighted by Gasteiger charge is -2.26. The molecule has 1 amide bonds. The Bertz CT molecular complexity index is 1040. The van der Waals surface area contributed by atoms with Gasteiger partial charge < -0.3 is 20.3 Å². The van der Waals surface area contributed by atoms with Crippen molar-refractivity contribution in [2.45, 2.75) is 25.4 Å². The number of halogens is 6. The molecular formula is C22H23F6N3O6S. The summed E-state index contributed by atoms with van der Waals surface area (Å²) >= 11 is 1.72. The minimum atomic E-state index is -5.08. The number of nitrogens with one attached hydrogen (secondary N) is 1. The van der Waals surface area contributed by atoms with Crippen molar-refractivity contribution in [3.63, 3.8) is 0 Å². The number of likely N-dealkylation sites (tertiary alicyclic amines) is 1. The van der Waals surface area contributed by atoms with Gasteiger partial charge >= 0.3 is 24.3 Å². The molecule has 16 heteroatoms. The van der Waals surface area contributed by atoms with Crippen LogP contribution < -0.4 is 5.32 Å². The average molecular weight is 571 g/mol. The Hall–Kier alpha value is -3.24. The largest absolute Gasteiger partial charge is 0.490 e. The van der Waals surface area contributed by atoms with Crippen LogP contribution >= 0.6 is 11.3 Å². The van der Waals surface area contributed by atoms with Gasteiger partial charge in [0.15, 0.2) is 0 Å². The molecule has 2 atom stereocenters. The van der Waals surface area contributed by atoms with Crippen LogP contribution in [0.5, 0.6) is 0 Å². The molecule has 0 unspecified atom stereocenters. The fourth-order valence-corrected chi connectivity index (χ4v) is 4.43. The third-order valence-corrected chi connectivity index (χ3v) is 6.26. The second-order valence-corrected chi connectivity index (χ2v) is 9.06. The molecule has 0 aromatic carbocycles. The Morgan fingerprint density at radius 1 is 1.11 bits per heavy atom. The number of aromatic nitrogens is 1. The van der Waals surface area contributed by atoms with Gasteiger partial charge in [-0.1, -0.05) is 6.07 Å². The van der Waals surface area contributed by atoms with Gasteiger partial charge in [-0.2, -0.15) is 37.7 Å². The van der Waals surface area contributed by atoms with Crippen LogP contribution in [-0.4, -0.2) is 76.6 Å². The number of hydrogen-bond acceptors (Lipinski definition) is 7. The van der Waals surface area contributed by atoms with Gasteiger partial charge in [-0.05, 0) is 34.5 Å². The van der Waals surface area contributed by atoms with Gasteiger partial charge in [0.1, 0.15) is 0 Å². The number of fused-ring (bicyclic) bond motifs is 1. The Balaban J connectivity index is 0.000000301. The highest BCUT2D eigenvalue weighted by atomic mass is 32.1. The van der Waals surface area contributed by atoms with E-state index in [1.165, 1.54) is 5.56 Å². The number of rotatable bonds is 5. The van der Waals surface area contributed by atoms with E-state index in [0.717, 1.165) is 25.3 Å². The standard InChI is InChI=1S/C18H21N3O2S.2C2HF3O2/c22-17(20-7-16-3-1-2-5-19-16)18-12-21(8-14-4-6-24-11-14)9-15(18)10-23-13-18;2*3-2(4,5)1(6)7/h1-6,11,15H,7-10,12-13H2,(H,20,22);2*(H,6,7)/t15-,18-;;/m1../s1.